The molecule has 7 atom stereocenters. The van der Waals surface area contributed by atoms with E-state index in [9.17, 15) is 27.6 Å². The van der Waals surface area contributed by atoms with Crippen LogP contribution in [0.3, 0.4) is 0 Å². The lowest BCUT2D eigenvalue weighted by Gasteiger charge is -2.40. The van der Waals surface area contributed by atoms with E-state index < -0.39 is 44.9 Å². The average molecular weight is 854 g/mol. The lowest BCUT2D eigenvalue weighted by molar-refractivity contribution is -0.147. The summed E-state index contributed by atoms with van der Waals surface area (Å²) in [6.07, 6.45) is 14.5. The molecule has 3 amide bonds. The summed E-state index contributed by atoms with van der Waals surface area (Å²) in [6, 6.07) is -1.57. The first-order chi connectivity index (χ1) is 28.2. The van der Waals surface area contributed by atoms with Gasteiger partial charge in [-0.05, 0) is 113 Å². The highest BCUT2D eigenvalue weighted by atomic mass is 32.2. The molecule has 2 spiro atoms. The molecule has 336 valence electrons. The minimum Gasteiger partial charge on any atom is -0.345 e. The number of allylic oxidation sites excluding steroid dienone is 1. The number of nitrogens with zero attached hydrogens (tertiary/aromatic N) is 3. The van der Waals surface area contributed by atoms with Crippen molar-refractivity contribution in [3.05, 3.63) is 12.7 Å². The molecule has 12 nitrogen and oxygen atoms in total. The van der Waals surface area contributed by atoms with Gasteiger partial charge >= 0.3 is 10.2 Å². The molecule has 7 rings (SSSR count). The molecule has 60 heavy (non-hydrogen) atoms. The Hall–Kier alpha value is -2.64. The summed E-state index contributed by atoms with van der Waals surface area (Å²) in [5, 5.41) is 3.28. The van der Waals surface area contributed by atoms with Gasteiger partial charge in [0.2, 0.25) is 17.7 Å². The number of hydrogen-bond donors (Lipinski definition) is 2. The van der Waals surface area contributed by atoms with Crippen LogP contribution >= 0.6 is 0 Å². The molecule has 0 aromatic heterocycles. The first-order valence-corrected chi connectivity index (χ1v) is 25.0. The molecule has 0 aromatic carbocycles. The van der Waals surface area contributed by atoms with Crippen LogP contribution in [0.1, 0.15) is 158 Å². The quantitative estimate of drug-likeness (QED) is 0.181. The number of piperidine rings is 1. The highest BCUT2D eigenvalue weighted by molar-refractivity contribution is 7.87. The van der Waals surface area contributed by atoms with Gasteiger partial charge in [0.1, 0.15) is 0 Å². The lowest BCUT2D eigenvalue weighted by atomic mass is 9.73. The van der Waals surface area contributed by atoms with Crippen molar-refractivity contribution in [1.82, 2.24) is 24.1 Å². The molecule has 0 bridgehead atoms. The molecule has 4 saturated carbocycles. The minimum absolute atomic E-state index is 0.00472. The van der Waals surface area contributed by atoms with Crippen molar-refractivity contribution < 1.29 is 32.4 Å². The van der Waals surface area contributed by atoms with E-state index in [2.05, 4.69) is 49.2 Å². The van der Waals surface area contributed by atoms with Crippen LogP contribution in [0.2, 0.25) is 0 Å². The molecule has 0 aromatic rings. The fourth-order valence-corrected chi connectivity index (χ4v) is 14.6. The number of likely N-dealkylation sites (tertiary alicyclic amines) is 2. The fourth-order valence-electron chi connectivity index (χ4n) is 13.3. The molecule has 13 heteroatoms. The van der Waals surface area contributed by atoms with Crippen molar-refractivity contribution in [1.29, 1.82) is 0 Å². The number of carbonyl (C=O) groups is 5. The topological polar surface area (TPSA) is 153 Å². The van der Waals surface area contributed by atoms with E-state index in [-0.39, 0.29) is 76.4 Å². The van der Waals surface area contributed by atoms with E-state index in [0.29, 0.717) is 32.5 Å². The van der Waals surface area contributed by atoms with Gasteiger partial charge in [-0.25, -0.2) is 4.72 Å². The number of nitrogens with one attached hydrogen (secondary N) is 2. The van der Waals surface area contributed by atoms with Gasteiger partial charge in [-0.1, -0.05) is 72.8 Å². The van der Waals surface area contributed by atoms with Crippen LogP contribution in [0.4, 0.5) is 0 Å². The summed E-state index contributed by atoms with van der Waals surface area (Å²) in [4.78, 5) is 77.2. The van der Waals surface area contributed by atoms with Crippen LogP contribution < -0.4 is 10.0 Å². The molecule has 0 unspecified atom stereocenters. The Kier molecular flexibility index (Phi) is 12.5. The molecular weight excluding hydrogens is 779 g/mol. The summed E-state index contributed by atoms with van der Waals surface area (Å²) in [6.45, 7) is 20.6. The Morgan fingerprint density at radius 2 is 1.47 bits per heavy atom. The monoisotopic (exact) mass is 854 g/mol. The van der Waals surface area contributed by atoms with Crippen LogP contribution in [0.25, 0.3) is 0 Å². The fraction of sp³-hybridized carbons (Fsp3) is 0.851. The van der Waals surface area contributed by atoms with Gasteiger partial charge in [-0.15, -0.1) is 6.58 Å². The zero-order chi connectivity index (χ0) is 43.6. The van der Waals surface area contributed by atoms with E-state index >= 15 is 4.79 Å². The summed E-state index contributed by atoms with van der Waals surface area (Å²) < 4.78 is 30.1. The Morgan fingerprint density at radius 3 is 2.02 bits per heavy atom. The minimum atomic E-state index is -4.06. The Labute approximate surface area is 360 Å². The predicted octanol–water partition coefficient (Wildman–Crippen LogP) is 6.34. The van der Waals surface area contributed by atoms with Crippen molar-refractivity contribution in [2.75, 3.05) is 26.2 Å². The van der Waals surface area contributed by atoms with E-state index in [4.69, 9.17) is 0 Å². The van der Waals surface area contributed by atoms with Crippen LogP contribution in [-0.2, 0) is 34.2 Å². The van der Waals surface area contributed by atoms with Crippen LogP contribution in [0, 0.1) is 44.8 Å². The molecule has 3 heterocycles. The molecule has 3 saturated heterocycles. The first kappa shape index (κ1) is 45.4. The highest BCUT2D eigenvalue weighted by Gasteiger charge is 2.85. The average Bonchev–Trinajstić information content (AvgIpc) is 3.63. The maximum absolute atomic E-state index is 15.4. The van der Waals surface area contributed by atoms with Crippen LogP contribution in [-0.4, -0.2) is 102 Å². The summed E-state index contributed by atoms with van der Waals surface area (Å²) in [5.74, 6) is -2.45. The molecule has 7 fully saturated rings. The smallest absolute Gasteiger partial charge is 0.303 e. The largest absolute Gasteiger partial charge is 0.345 e. The Morgan fingerprint density at radius 1 is 0.833 bits per heavy atom. The number of fused-ring (bicyclic) bond motifs is 1. The van der Waals surface area contributed by atoms with Crippen molar-refractivity contribution in [3.63, 3.8) is 0 Å². The highest BCUT2D eigenvalue weighted by Crippen LogP contribution is 2.88. The van der Waals surface area contributed by atoms with Gasteiger partial charge in [-0.3, -0.25) is 28.9 Å². The maximum Gasteiger partial charge on any atom is 0.303 e. The standard InChI is InChI=1S/C47H75N5O7S/c1-9-33-27-45(33,42(57)49-60(58,59)50-23-15-16-24-50)29-38(54)36-28-47(44(7,8)46(47)21-17-22-46)30-52(36)41(56)34(43(4,5)6)26-37(53)39(32-18-11-10-12-19-32)48-40(55)35-20-13-14-25-51(35)31(2)3/h9,31-36,39H,1,10-30H2,2-8H3,(H,48,55)(H,49,57)/t33-,34-,35-,36+,39+,45-,47-/m1/s1. The van der Waals surface area contributed by atoms with Crippen molar-refractivity contribution in [3.8, 4) is 0 Å². The predicted molar refractivity (Wildman–Crippen MR) is 231 cm³/mol. The zero-order valence-electron chi connectivity index (χ0n) is 37.8. The number of rotatable bonds is 15. The number of amides is 3. The van der Waals surface area contributed by atoms with Crippen molar-refractivity contribution in [2.45, 2.75) is 182 Å². The molecular formula is C47H75N5O7S. The summed E-state index contributed by atoms with van der Waals surface area (Å²) >= 11 is 0. The van der Waals surface area contributed by atoms with Crippen molar-refractivity contribution in [2.24, 2.45) is 44.8 Å². The second-order valence-electron chi connectivity index (χ2n) is 22.0. The van der Waals surface area contributed by atoms with Gasteiger partial charge in [0.25, 0.3) is 0 Å². The van der Waals surface area contributed by atoms with Gasteiger partial charge < -0.3 is 10.2 Å². The molecule has 0 radical (unpaired) electrons. The number of ketones is 2. The van der Waals surface area contributed by atoms with Crippen LogP contribution in [0.5, 0.6) is 0 Å². The molecule has 2 N–H and O–H groups in total. The third kappa shape index (κ3) is 7.74. The Bertz CT molecular complexity index is 1820. The number of Topliss-reactive ketones (excluding diaryl/α,β-unsaturated/α-hetero) is 2. The lowest BCUT2D eigenvalue weighted by Crippen LogP contribution is -2.57. The zero-order valence-corrected chi connectivity index (χ0v) is 38.6. The SMILES string of the molecule is C=C[C@@H]1C[C@]1(CC(=O)[C@@H]1C[C@@]2(CN1C(=O)[C@@H](CC(=O)[C@@H](NC(=O)[C@H]1CCCCN1C(C)C)C1CCCCC1)C(C)(C)C)C(C)(C)C21CCC1)C(=O)NS(=O)(=O)N1CCCC1. The maximum atomic E-state index is 15.4. The Balaban J connectivity index is 1.15. The van der Waals surface area contributed by atoms with E-state index in [1.807, 2.05) is 20.8 Å². The summed E-state index contributed by atoms with van der Waals surface area (Å²) in [5.41, 5.74) is -2.23. The van der Waals surface area contributed by atoms with Crippen LogP contribution in [0.15, 0.2) is 12.7 Å². The second-order valence-corrected chi connectivity index (χ2v) is 23.7. The number of hydrogen-bond acceptors (Lipinski definition) is 8. The third-order valence-corrected chi connectivity index (χ3v) is 19.0. The van der Waals surface area contributed by atoms with Gasteiger partial charge in [0, 0.05) is 49.9 Å². The van der Waals surface area contributed by atoms with Gasteiger partial charge in [-0.2, -0.15) is 12.7 Å². The molecule has 3 aliphatic heterocycles. The van der Waals surface area contributed by atoms with Crippen molar-refractivity contribution >= 4 is 39.5 Å². The normalized spacial score (nSPS) is 32.7. The number of carbonyl (C=O) groups excluding carboxylic acids is 5. The first-order valence-electron chi connectivity index (χ1n) is 23.5. The van der Waals surface area contributed by atoms with E-state index in [0.717, 1.165) is 90.0 Å². The van der Waals surface area contributed by atoms with E-state index in [1.165, 1.54) is 4.31 Å². The van der Waals surface area contributed by atoms with E-state index in [1.54, 1.807) is 11.0 Å². The third-order valence-electron chi connectivity index (χ3n) is 17.5. The molecule has 4 aliphatic carbocycles. The summed E-state index contributed by atoms with van der Waals surface area (Å²) in [7, 11) is -4.06. The van der Waals surface area contributed by atoms with Gasteiger partial charge in [0.05, 0.1) is 23.5 Å². The molecule has 7 aliphatic rings. The van der Waals surface area contributed by atoms with Gasteiger partial charge in [0.15, 0.2) is 11.6 Å². The second kappa shape index (κ2) is 16.5.